The minimum atomic E-state index is -3.03. The average molecular weight is 178 g/mol. The zero-order chi connectivity index (χ0) is 9.14. The second-order valence-corrected chi connectivity index (χ2v) is 1.91. The topological polar surface area (TPSA) is 48.1 Å². The number of ether oxygens (including phenoxy) is 1. The van der Waals surface area contributed by atoms with E-state index in [1.807, 2.05) is 0 Å². The Morgan fingerprint density at radius 3 is 2.67 bits per heavy atom. The molecule has 0 saturated carbocycles. The first-order valence-electron chi connectivity index (χ1n) is 2.95. The zero-order valence-corrected chi connectivity index (χ0v) is 5.80. The van der Waals surface area contributed by atoms with Crippen molar-refractivity contribution < 1.29 is 17.9 Å². The molecule has 6 heteroatoms. The molecular formula is C6H5F3N2O. The van der Waals surface area contributed by atoms with Gasteiger partial charge in [0.15, 0.2) is 11.6 Å². The molecule has 0 aliphatic heterocycles. The summed E-state index contributed by atoms with van der Waals surface area (Å²) in [5.41, 5.74) is 4.59. The second-order valence-electron chi connectivity index (χ2n) is 1.91. The van der Waals surface area contributed by atoms with Gasteiger partial charge in [-0.05, 0) is 0 Å². The molecule has 0 unspecified atom stereocenters. The Kier molecular flexibility index (Phi) is 2.37. The number of nitrogens with two attached hydrogens (primary N) is 1. The number of alkyl halides is 2. The summed E-state index contributed by atoms with van der Waals surface area (Å²) in [6.45, 7) is -3.03. The lowest BCUT2D eigenvalue weighted by Crippen LogP contribution is -2.05. The van der Waals surface area contributed by atoms with Gasteiger partial charge < -0.3 is 10.5 Å². The molecule has 66 valence electrons. The van der Waals surface area contributed by atoms with Crippen LogP contribution in [0.4, 0.5) is 18.9 Å². The first-order valence-corrected chi connectivity index (χ1v) is 2.95. The highest BCUT2D eigenvalue weighted by molar-refractivity contribution is 5.51. The Hall–Kier alpha value is -1.46. The van der Waals surface area contributed by atoms with Crippen LogP contribution in [0.2, 0.25) is 0 Å². The highest BCUT2D eigenvalue weighted by Crippen LogP contribution is 2.23. The second kappa shape index (κ2) is 3.29. The van der Waals surface area contributed by atoms with E-state index in [-0.39, 0.29) is 0 Å². The Morgan fingerprint density at radius 1 is 1.42 bits per heavy atom. The fourth-order valence-electron chi connectivity index (χ4n) is 0.617. The van der Waals surface area contributed by atoms with E-state index in [0.717, 1.165) is 12.4 Å². The van der Waals surface area contributed by atoms with Crippen molar-refractivity contribution in [3.63, 3.8) is 0 Å². The van der Waals surface area contributed by atoms with Gasteiger partial charge in [-0.15, -0.1) is 0 Å². The number of rotatable bonds is 2. The van der Waals surface area contributed by atoms with Crippen LogP contribution < -0.4 is 10.5 Å². The van der Waals surface area contributed by atoms with Crippen molar-refractivity contribution in [3.8, 4) is 5.75 Å². The Labute approximate surface area is 66.0 Å². The van der Waals surface area contributed by atoms with Crippen LogP contribution in [-0.2, 0) is 0 Å². The Balaban J connectivity index is 2.92. The number of nitrogens with zero attached hydrogens (tertiary/aromatic N) is 1. The first-order chi connectivity index (χ1) is 5.61. The van der Waals surface area contributed by atoms with Crippen LogP contribution in [0.25, 0.3) is 0 Å². The average Bonchev–Trinajstić information content (AvgIpc) is 1.98. The minimum Gasteiger partial charge on any atom is -0.431 e. The summed E-state index contributed by atoms with van der Waals surface area (Å²) in [5.74, 6) is -1.34. The molecule has 0 aromatic carbocycles. The third-order valence-electron chi connectivity index (χ3n) is 1.12. The van der Waals surface area contributed by atoms with Crippen LogP contribution in [0.15, 0.2) is 12.4 Å². The molecule has 0 radical (unpaired) electrons. The van der Waals surface area contributed by atoms with E-state index < -0.39 is 23.9 Å². The van der Waals surface area contributed by atoms with Gasteiger partial charge in [0.1, 0.15) is 5.69 Å². The molecule has 0 atom stereocenters. The molecule has 1 rings (SSSR count). The van der Waals surface area contributed by atoms with E-state index in [4.69, 9.17) is 5.73 Å². The molecule has 0 aliphatic carbocycles. The van der Waals surface area contributed by atoms with E-state index in [9.17, 15) is 13.2 Å². The summed E-state index contributed by atoms with van der Waals surface area (Å²) in [7, 11) is 0. The van der Waals surface area contributed by atoms with E-state index in [0.29, 0.717) is 0 Å². The summed E-state index contributed by atoms with van der Waals surface area (Å²) in [4.78, 5) is 3.28. The maximum atomic E-state index is 12.5. The molecule has 0 bridgehead atoms. The highest BCUT2D eigenvalue weighted by Gasteiger charge is 2.10. The molecule has 0 fully saturated rings. The van der Waals surface area contributed by atoms with Gasteiger partial charge in [0.2, 0.25) is 0 Å². The van der Waals surface area contributed by atoms with Crippen LogP contribution in [0, 0.1) is 5.82 Å². The van der Waals surface area contributed by atoms with Crippen LogP contribution in [0.5, 0.6) is 5.75 Å². The van der Waals surface area contributed by atoms with Crippen LogP contribution in [0.1, 0.15) is 0 Å². The molecule has 0 aliphatic rings. The molecule has 2 N–H and O–H groups in total. The maximum Gasteiger partial charge on any atom is 0.387 e. The fraction of sp³-hybridized carbons (Fsp3) is 0.167. The van der Waals surface area contributed by atoms with Gasteiger partial charge in [-0.3, -0.25) is 4.98 Å². The van der Waals surface area contributed by atoms with Crippen molar-refractivity contribution >= 4 is 5.69 Å². The minimum absolute atomic E-state index is 0.454. The lowest BCUT2D eigenvalue weighted by atomic mass is 10.4. The number of aromatic nitrogens is 1. The van der Waals surface area contributed by atoms with Gasteiger partial charge in [-0.2, -0.15) is 8.78 Å². The quantitative estimate of drug-likeness (QED) is 0.744. The molecule has 1 aromatic rings. The SMILES string of the molecule is Nc1c(F)cncc1OC(F)F. The van der Waals surface area contributed by atoms with E-state index in [2.05, 4.69) is 9.72 Å². The van der Waals surface area contributed by atoms with Crippen molar-refractivity contribution in [3.05, 3.63) is 18.2 Å². The maximum absolute atomic E-state index is 12.5. The zero-order valence-electron chi connectivity index (χ0n) is 5.80. The predicted octanol–water partition coefficient (Wildman–Crippen LogP) is 1.40. The van der Waals surface area contributed by atoms with Crippen molar-refractivity contribution in [1.29, 1.82) is 0 Å². The van der Waals surface area contributed by atoms with Crippen molar-refractivity contribution in [2.24, 2.45) is 0 Å². The third-order valence-corrected chi connectivity index (χ3v) is 1.12. The largest absolute Gasteiger partial charge is 0.431 e. The van der Waals surface area contributed by atoms with Crippen LogP contribution in [-0.4, -0.2) is 11.6 Å². The smallest absolute Gasteiger partial charge is 0.387 e. The number of anilines is 1. The lowest BCUT2D eigenvalue weighted by Gasteiger charge is -2.06. The number of hydrogen-bond donors (Lipinski definition) is 1. The van der Waals surface area contributed by atoms with E-state index >= 15 is 0 Å². The summed E-state index contributed by atoms with van der Waals surface area (Å²) >= 11 is 0. The monoisotopic (exact) mass is 178 g/mol. The van der Waals surface area contributed by atoms with Gasteiger partial charge in [0.05, 0.1) is 12.4 Å². The molecule has 1 aromatic heterocycles. The number of pyridine rings is 1. The van der Waals surface area contributed by atoms with Gasteiger partial charge in [-0.25, -0.2) is 4.39 Å². The molecule has 0 spiro atoms. The molecule has 3 nitrogen and oxygen atoms in total. The molecule has 12 heavy (non-hydrogen) atoms. The number of halogens is 3. The van der Waals surface area contributed by atoms with E-state index in [1.165, 1.54) is 0 Å². The molecule has 0 saturated heterocycles. The summed E-state index contributed by atoms with van der Waals surface area (Å²) < 4.78 is 39.6. The first kappa shape index (κ1) is 8.63. The normalized spacial score (nSPS) is 10.3. The van der Waals surface area contributed by atoms with Gasteiger partial charge in [0.25, 0.3) is 0 Å². The highest BCUT2D eigenvalue weighted by atomic mass is 19.3. The standard InChI is InChI=1S/C6H5F3N2O/c7-3-1-11-2-4(5(3)10)12-6(8)9/h1-2,6H,(H2,10,11). The van der Waals surface area contributed by atoms with Gasteiger partial charge >= 0.3 is 6.61 Å². The van der Waals surface area contributed by atoms with Crippen molar-refractivity contribution in [2.45, 2.75) is 6.61 Å². The number of nitrogen functional groups attached to an aromatic ring is 1. The van der Waals surface area contributed by atoms with Gasteiger partial charge in [0, 0.05) is 0 Å². The van der Waals surface area contributed by atoms with Crippen LogP contribution in [0.3, 0.4) is 0 Å². The summed E-state index contributed by atoms with van der Waals surface area (Å²) in [6, 6.07) is 0. The Morgan fingerprint density at radius 2 is 2.08 bits per heavy atom. The number of hydrogen-bond acceptors (Lipinski definition) is 3. The summed E-state index contributed by atoms with van der Waals surface area (Å²) in [5, 5.41) is 0. The van der Waals surface area contributed by atoms with Crippen LogP contribution >= 0.6 is 0 Å². The van der Waals surface area contributed by atoms with E-state index in [1.54, 1.807) is 0 Å². The van der Waals surface area contributed by atoms with Crippen molar-refractivity contribution in [1.82, 2.24) is 4.98 Å². The fourth-order valence-corrected chi connectivity index (χ4v) is 0.617. The third kappa shape index (κ3) is 1.77. The summed E-state index contributed by atoms with van der Waals surface area (Å²) in [6.07, 6.45) is 1.73. The van der Waals surface area contributed by atoms with Gasteiger partial charge in [-0.1, -0.05) is 0 Å². The molecule has 1 heterocycles. The molecule has 0 amide bonds. The molecular weight excluding hydrogens is 173 g/mol. The lowest BCUT2D eigenvalue weighted by molar-refractivity contribution is -0.0496. The predicted molar refractivity (Wildman–Crippen MR) is 35.2 cm³/mol. The Bertz CT molecular complexity index is 279. The van der Waals surface area contributed by atoms with Crippen molar-refractivity contribution in [2.75, 3.05) is 5.73 Å².